The van der Waals surface area contributed by atoms with Crippen molar-refractivity contribution < 1.29 is 19.3 Å². The molecular weight excluding hydrogens is 302 g/mol. The summed E-state index contributed by atoms with van der Waals surface area (Å²) in [6, 6.07) is 2.58. The summed E-state index contributed by atoms with van der Waals surface area (Å²) < 4.78 is 0. The van der Waals surface area contributed by atoms with Crippen LogP contribution < -0.4 is 10.6 Å². The van der Waals surface area contributed by atoms with Crippen LogP contribution in [0.2, 0.25) is 5.02 Å². The van der Waals surface area contributed by atoms with Crippen LogP contribution in [-0.2, 0) is 9.59 Å². The number of nitro benzene ring substituents is 1. The van der Waals surface area contributed by atoms with E-state index in [9.17, 15) is 24.5 Å². The summed E-state index contributed by atoms with van der Waals surface area (Å²) >= 11 is 5.72. The predicted octanol–water partition coefficient (Wildman–Crippen LogP) is 0.783. The number of nitro groups is 1. The second kappa shape index (κ2) is 5.88. The highest BCUT2D eigenvalue weighted by molar-refractivity contribution is 6.31. The number of hydrogen-bond acceptors (Lipinski definition) is 5. The lowest BCUT2D eigenvalue weighted by Gasteiger charge is -2.21. The van der Waals surface area contributed by atoms with Gasteiger partial charge in [0.05, 0.1) is 4.92 Å². The molecule has 2 rings (SSSR count). The standard InChI is InChI=1S/C12H10ClN3O5/c13-7-3-6(4-8(5-7)16(20)21)11(18)14-9-1-2-10(17)15-12(9)19/h3-5,9H,1-2H2,(H,14,18)(H,15,17,19). The summed E-state index contributed by atoms with van der Waals surface area (Å²) in [5.74, 6) is -1.67. The average molecular weight is 312 g/mol. The molecule has 1 aromatic carbocycles. The maximum atomic E-state index is 12.0. The Morgan fingerprint density at radius 2 is 2.10 bits per heavy atom. The molecule has 0 radical (unpaired) electrons. The molecule has 2 N–H and O–H groups in total. The minimum Gasteiger partial charge on any atom is -0.340 e. The Morgan fingerprint density at radius 3 is 2.71 bits per heavy atom. The number of carbonyl (C=O) groups is 3. The highest BCUT2D eigenvalue weighted by atomic mass is 35.5. The molecular formula is C12H10ClN3O5. The molecule has 0 aromatic heterocycles. The SMILES string of the molecule is O=C1CCC(NC(=O)c2cc(Cl)cc([N+](=O)[O-])c2)C(=O)N1. The molecule has 1 aromatic rings. The zero-order valence-electron chi connectivity index (χ0n) is 10.6. The van der Waals surface area contributed by atoms with Gasteiger partial charge >= 0.3 is 0 Å². The summed E-state index contributed by atoms with van der Waals surface area (Å²) in [5.41, 5.74) is -0.352. The van der Waals surface area contributed by atoms with Crippen LogP contribution in [0.15, 0.2) is 18.2 Å². The van der Waals surface area contributed by atoms with Gasteiger partial charge in [-0.2, -0.15) is 0 Å². The highest BCUT2D eigenvalue weighted by Gasteiger charge is 2.28. The normalized spacial score (nSPS) is 18.0. The van der Waals surface area contributed by atoms with Gasteiger partial charge in [-0.3, -0.25) is 29.8 Å². The molecule has 8 nitrogen and oxygen atoms in total. The van der Waals surface area contributed by atoms with E-state index in [1.54, 1.807) is 0 Å². The first-order valence-electron chi connectivity index (χ1n) is 5.96. The van der Waals surface area contributed by atoms with Gasteiger partial charge in [0.25, 0.3) is 11.6 Å². The minimum atomic E-state index is -0.853. The number of nitrogens with one attached hydrogen (secondary N) is 2. The fraction of sp³-hybridized carbons (Fsp3) is 0.250. The highest BCUT2D eigenvalue weighted by Crippen LogP contribution is 2.21. The summed E-state index contributed by atoms with van der Waals surface area (Å²) in [5, 5.41) is 15.3. The number of piperidine rings is 1. The number of rotatable bonds is 3. The summed E-state index contributed by atoms with van der Waals surface area (Å²) in [4.78, 5) is 44.6. The Balaban J connectivity index is 2.15. The van der Waals surface area contributed by atoms with Gasteiger partial charge in [-0.25, -0.2) is 0 Å². The van der Waals surface area contributed by atoms with E-state index in [-0.39, 0.29) is 29.1 Å². The largest absolute Gasteiger partial charge is 0.340 e. The number of carbonyl (C=O) groups excluding carboxylic acids is 3. The maximum absolute atomic E-state index is 12.0. The second-order valence-corrected chi connectivity index (χ2v) is 4.87. The van der Waals surface area contributed by atoms with Crippen molar-refractivity contribution in [3.8, 4) is 0 Å². The van der Waals surface area contributed by atoms with Crippen LogP contribution in [0.4, 0.5) is 5.69 Å². The van der Waals surface area contributed by atoms with Crippen LogP contribution in [0, 0.1) is 10.1 Å². The number of halogens is 1. The van der Waals surface area contributed by atoms with Gasteiger partial charge in [0.15, 0.2) is 0 Å². The van der Waals surface area contributed by atoms with E-state index >= 15 is 0 Å². The van der Waals surface area contributed by atoms with E-state index in [4.69, 9.17) is 11.6 Å². The molecule has 110 valence electrons. The van der Waals surface area contributed by atoms with Crippen LogP contribution in [0.5, 0.6) is 0 Å². The number of imide groups is 1. The van der Waals surface area contributed by atoms with Gasteiger partial charge in [-0.05, 0) is 12.5 Å². The van der Waals surface area contributed by atoms with Crippen molar-refractivity contribution in [1.29, 1.82) is 0 Å². The lowest BCUT2D eigenvalue weighted by atomic mass is 10.1. The zero-order valence-corrected chi connectivity index (χ0v) is 11.3. The molecule has 0 aliphatic carbocycles. The van der Waals surface area contributed by atoms with E-state index in [2.05, 4.69) is 10.6 Å². The number of amides is 3. The average Bonchev–Trinajstić information content (AvgIpc) is 2.41. The molecule has 1 heterocycles. The fourth-order valence-electron chi connectivity index (χ4n) is 1.88. The second-order valence-electron chi connectivity index (χ2n) is 4.43. The van der Waals surface area contributed by atoms with E-state index < -0.39 is 28.7 Å². The lowest BCUT2D eigenvalue weighted by Crippen LogP contribution is -2.52. The van der Waals surface area contributed by atoms with Crippen LogP contribution >= 0.6 is 11.6 Å². The number of benzene rings is 1. The molecule has 0 spiro atoms. The van der Waals surface area contributed by atoms with E-state index in [1.807, 2.05) is 0 Å². The maximum Gasteiger partial charge on any atom is 0.271 e. The van der Waals surface area contributed by atoms with Gasteiger partial charge in [0, 0.05) is 29.1 Å². The number of nitrogens with zero attached hydrogens (tertiary/aromatic N) is 1. The van der Waals surface area contributed by atoms with Gasteiger partial charge in [-0.15, -0.1) is 0 Å². The Bertz CT molecular complexity index is 646. The lowest BCUT2D eigenvalue weighted by molar-refractivity contribution is -0.384. The molecule has 1 aliphatic rings. The zero-order chi connectivity index (χ0) is 15.6. The third-order valence-corrected chi connectivity index (χ3v) is 3.12. The smallest absolute Gasteiger partial charge is 0.271 e. The van der Waals surface area contributed by atoms with Crippen molar-refractivity contribution in [2.45, 2.75) is 18.9 Å². The Hall–Kier alpha value is -2.48. The third kappa shape index (κ3) is 3.54. The summed E-state index contributed by atoms with van der Waals surface area (Å²) in [6.07, 6.45) is 0.297. The molecule has 1 fully saturated rings. The van der Waals surface area contributed by atoms with E-state index in [0.717, 1.165) is 12.1 Å². The van der Waals surface area contributed by atoms with Crippen molar-refractivity contribution in [2.24, 2.45) is 0 Å². The van der Waals surface area contributed by atoms with Gasteiger partial charge in [0.2, 0.25) is 11.8 Å². The van der Waals surface area contributed by atoms with Crippen molar-refractivity contribution in [1.82, 2.24) is 10.6 Å². The van der Waals surface area contributed by atoms with Gasteiger partial charge in [-0.1, -0.05) is 11.6 Å². The predicted molar refractivity (Wildman–Crippen MR) is 71.7 cm³/mol. The summed E-state index contributed by atoms with van der Waals surface area (Å²) in [7, 11) is 0. The molecule has 21 heavy (non-hydrogen) atoms. The quantitative estimate of drug-likeness (QED) is 0.486. The third-order valence-electron chi connectivity index (χ3n) is 2.90. The Kier molecular flexibility index (Phi) is 4.18. The molecule has 1 atom stereocenters. The topological polar surface area (TPSA) is 118 Å². The molecule has 0 bridgehead atoms. The van der Waals surface area contributed by atoms with E-state index in [1.165, 1.54) is 6.07 Å². The first-order chi connectivity index (χ1) is 9.86. The van der Waals surface area contributed by atoms with Crippen molar-refractivity contribution >= 4 is 35.0 Å². The molecule has 1 aliphatic heterocycles. The van der Waals surface area contributed by atoms with Crippen LogP contribution in [0.25, 0.3) is 0 Å². The fourth-order valence-corrected chi connectivity index (χ4v) is 2.11. The monoisotopic (exact) mass is 311 g/mol. The molecule has 1 saturated heterocycles. The van der Waals surface area contributed by atoms with Gasteiger partial charge in [0.1, 0.15) is 6.04 Å². The van der Waals surface area contributed by atoms with Crippen LogP contribution in [-0.4, -0.2) is 28.7 Å². The van der Waals surface area contributed by atoms with Crippen LogP contribution in [0.3, 0.4) is 0 Å². The number of non-ortho nitro benzene ring substituents is 1. The molecule has 9 heteroatoms. The van der Waals surface area contributed by atoms with E-state index in [0.29, 0.717) is 0 Å². The Labute approximate surface area is 123 Å². The molecule has 0 saturated carbocycles. The van der Waals surface area contributed by atoms with Crippen molar-refractivity contribution in [3.05, 3.63) is 38.9 Å². The first-order valence-corrected chi connectivity index (χ1v) is 6.34. The molecule has 3 amide bonds. The minimum absolute atomic E-state index is 0.0288. The Morgan fingerprint density at radius 1 is 1.38 bits per heavy atom. The van der Waals surface area contributed by atoms with Crippen molar-refractivity contribution in [2.75, 3.05) is 0 Å². The number of hydrogen-bond donors (Lipinski definition) is 2. The van der Waals surface area contributed by atoms with Crippen molar-refractivity contribution in [3.63, 3.8) is 0 Å². The van der Waals surface area contributed by atoms with Gasteiger partial charge < -0.3 is 5.32 Å². The van der Waals surface area contributed by atoms with Crippen LogP contribution in [0.1, 0.15) is 23.2 Å². The summed E-state index contributed by atoms with van der Waals surface area (Å²) in [6.45, 7) is 0. The first kappa shape index (κ1) is 14.9. The molecule has 1 unspecified atom stereocenters.